The van der Waals surface area contributed by atoms with Crippen LogP contribution < -0.4 is 10.6 Å². The van der Waals surface area contributed by atoms with E-state index in [-0.39, 0.29) is 24.4 Å². The zero-order valence-electron chi connectivity index (χ0n) is 10.1. The lowest BCUT2D eigenvalue weighted by Crippen LogP contribution is -2.43. The van der Waals surface area contributed by atoms with Gasteiger partial charge in [0.2, 0.25) is 5.91 Å². The number of amides is 1. The lowest BCUT2D eigenvalue weighted by molar-refractivity contribution is -0.118. The number of nitrogens with zero attached hydrogens (tertiary/aromatic N) is 1. The van der Waals surface area contributed by atoms with Crippen LogP contribution in [0.25, 0.3) is 0 Å². The molecule has 1 aromatic heterocycles. The molecule has 1 atom stereocenters. The third-order valence-electron chi connectivity index (χ3n) is 3.37. The van der Waals surface area contributed by atoms with Crippen LogP contribution in [-0.2, 0) is 4.79 Å². The molecule has 3 rings (SSSR count). The highest BCUT2D eigenvalue weighted by Gasteiger charge is 2.27. The first kappa shape index (κ1) is 13.8. The fraction of sp³-hybridized carbons (Fsp3) is 0.667. The molecule has 2 aliphatic rings. The molecule has 18 heavy (non-hydrogen) atoms. The van der Waals surface area contributed by atoms with Crippen molar-refractivity contribution >= 4 is 34.8 Å². The van der Waals surface area contributed by atoms with E-state index < -0.39 is 0 Å². The number of aromatic nitrogens is 1. The molecular formula is C12H18ClN3OS. The molecule has 1 aliphatic heterocycles. The van der Waals surface area contributed by atoms with E-state index in [1.54, 1.807) is 0 Å². The van der Waals surface area contributed by atoms with Gasteiger partial charge in [-0.2, -0.15) is 0 Å². The molecule has 1 saturated heterocycles. The van der Waals surface area contributed by atoms with Crippen molar-refractivity contribution < 1.29 is 4.79 Å². The van der Waals surface area contributed by atoms with Gasteiger partial charge in [0.1, 0.15) is 0 Å². The number of nitrogens with one attached hydrogen (secondary N) is 2. The lowest BCUT2D eigenvalue weighted by Gasteiger charge is -2.21. The minimum Gasteiger partial charge on any atom is -0.306 e. The van der Waals surface area contributed by atoms with Gasteiger partial charge < -0.3 is 10.6 Å². The SMILES string of the molecule is Cl.O=C(Nc1nc(C2CC2)cs1)[C@H]1CCCCN1. The average molecular weight is 288 g/mol. The quantitative estimate of drug-likeness (QED) is 0.898. The second-order valence-corrected chi connectivity index (χ2v) is 5.70. The molecule has 1 aromatic rings. The van der Waals surface area contributed by atoms with Gasteiger partial charge in [0.15, 0.2) is 5.13 Å². The molecule has 2 heterocycles. The predicted octanol–water partition coefficient (Wildman–Crippen LogP) is 2.52. The summed E-state index contributed by atoms with van der Waals surface area (Å²) in [7, 11) is 0. The monoisotopic (exact) mass is 287 g/mol. The summed E-state index contributed by atoms with van der Waals surface area (Å²) in [5.41, 5.74) is 1.15. The van der Waals surface area contributed by atoms with E-state index in [1.807, 2.05) is 0 Å². The van der Waals surface area contributed by atoms with Gasteiger partial charge in [0.05, 0.1) is 11.7 Å². The highest BCUT2D eigenvalue weighted by Crippen LogP contribution is 2.40. The topological polar surface area (TPSA) is 54.0 Å². The number of halogens is 1. The van der Waals surface area contributed by atoms with Crippen LogP contribution in [0.5, 0.6) is 0 Å². The summed E-state index contributed by atoms with van der Waals surface area (Å²) in [4.78, 5) is 16.4. The number of thiazole rings is 1. The maximum absolute atomic E-state index is 12.0. The fourth-order valence-corrected chi connectivity index (χ4v) is 2.97. The van der Waals surface area contributed by atoms with E-state index >= 15 is 0 Å². The molecule has 1 amide bonds. The minimum absolute atomic E-state index is 0. The van der Waals surface area contributed by atoms with Crippen molar-refractivity contribution in [1.29, 1.82) is 0 Å². The fourth-order valence-electron chi connectivity index (χ4n) is 2.18. The van der Waals surface area contributed by atoms with Gasteiger partial charge in [0, 0.05) is 11.3 Å². The van der Waals surface area contributed by atoms with Crippen molar-refractivity contribution in [3.05, 3.63) is 11.1 Å². The van der Waals surface area contributed by atoms with Crippen molar-refractivity contribution in [3.8, 4) is 0 Å². The van der Waals surface area contributed by atoms with Crippen LogP contribution in [0.1, 0.15) is 43.7 Å². The molecule has 1 saturated carbocycles. The minimum atomic E-state index is -0.0305. The molecule has 1 aliphatic carbocycles. The summed E-state index contributed by atoms with van der Waals surface area (Å²) >= 11 is 1.54. The Morgan fingerprint density at radius 2 is 2.22 bits per heavy atom. The molecule has 2 N–H and O–H groups in total. The Morgan fingerprint density at radius 1 is 1.39 bits per heavy atom. The standard InChI is InChI=1S/C12H17N3OS.ClH/c16-11(9-3-1-2-6-13-9)15-12-14-10(7-17-12)8-4-5-8;/h7-9,13H,1-6H2,(H,14,15,16);1H/t9-;/m1./s1. The van der Waals surface area contributed by atoms with Crippen LogP contribution in [0.2, 0.25) is 0 Å². The third kappa shape index (κ3) is 3.22. The van der Waals surface area contributed by atoms with Gasteiger partial charge in [0.25, 0.3) is 0 Å². The van der Waals surface area contributed by atoms with E-state index in [1.165, 1.54) is 30.6 Å². The normalized spacial score (nSPS) is 23.2. The molecule has 6 heteroatoms. The summed E-state index contributed by atoms with van der Waals surface area (Å²) < 4.78 is 0. The molecule has 0 bridgehead atoms. The van der Waals surface area contributed by atoms with Gasteiger partial charge in [-0.15, -0.1) is 23.7 Å². The highest BCUT2D eigenvalue weighted by molar-refractivity contribution is 7.13. The molecule has 4 nitrogen and oxygen atoms in total. The number of hydrogen-bond acceptors (Lipinski definition) is 4. The van der Waals surface area contributed by atoms with Crippen LogP contribution in [0.3, 0.4) is 0 Å². The summed E-state index contributed by atoms with van der Waals surface area (Å²) in [5.74, 6) is 0.728. The molecule has 0 spiro atoms. The van der Waals surface area contributed by atoms with Gasteiger partial charge >= 0.3 is 0 Å². The predicted molar refractivity (Wildman–Crippen MR) is 75.6 cm³/mol. The summed E-state index contributed by atoms with van der Waals surface area (Å²) in [6, 6.07) is -0.0305. The van der Waals surface area contributed by atoms with Crippen LogP contribution in [0.15, 0.2) is 5.38 Å². The number of rotatable bonds is 3. The largest absolute Gasteiger partial charge is 0.306 e. The Bertz CT molecular complexity index is 413. The number of carbonyl (C=O) groups is 1. The molecule has 100 valence electrons. The van der Waals surface area contributed by atoms with Crippen molar-refractivity contribution in [2.45, 2.75) is 44.1 Å². The molecule has 0 aromatic carbocycles. The average Bonchev–Trinajstić information content (AvgIpc) is 3.12. The summed E-state index contributed by atoms with van der Waals surface area (Å²) in [6.45, 7) is 0.948. The van der Waals surface area contributed by atoms with E-state index in [9.17, 15) is 4.79 Å². The van der Waals surface area contributed by atoms with Crippen molar-refractivity contribution in [3.63, 3.8) is 0 Å². The first-order valence-electron chi connectivity index (χ1n) is 6.32. The Balaban J connectivity index is 0.00000120. The molecule has 0 radical (unpaired) electrons. The Hall–Kier alpha value is -0.650. The van der Waals surface area contributed by atoms with E-state index in [0.717, 1.165) is 30.2 Å². The Kier molecular flexibility index (Phi) is 4.59. The third-order valence-corrected chi connectivity index (χ3v) is 4.15. The van der Waals surface area contributed by atoms with Crippen LogP contribution in [0, 0.1) is 0 Å². The smallest absolute Gasteiger partial charge is 0.243 e. The first-order chi connectivity index (χ1) is 8.33. The number of anilines is 1. The maximum Gasteiger partial charge on any atom is 0.243 e. The maximum atomic E-state index is 12.0. The van der Waals surface area contributed by atoms with E-state index in [4.69, 9.17) is 0 Å². The first-order valence-corrected chi connectivity index (χ1v) is 7.20. The van der Waals surface area contributed by atoms with Crippen LogP contribution >= 0.6 is 23.7 Å². The van der Waals surface area contributed by atoms with E-state index in [0.29, 0.717) is 5.92 Å². The number of piperidine rings is 1. The van der Waals surface area contributed by atoms with Crippen LogP contribution in [-0.4, -0.2) is 23.5 Å². The van der Waals surface area contributed by atoms with Gasteiger partial charge in [-0.25, -0.2) is 4.98 Å². The lowest BCUT2D eigenvalue weighted by atomic mass is 10.0. The Labute approximate surface area is 117 Å². The van der Waals surface area contributed by atoms with Crippen molar-refractivity contribution in [2.75, 3.05) is 11.9 Å². The second kappa shape index (κ2) is 5.99. The van der Waals surface area contributed by atoms with Gasteiger partial charge in [-0.3, -0.25) is 4.79 Å². The van der Waals surface area contributed by atoms with Crippen LogP contribution in [0.4, 0.5) is 5.13 Å². The molecule has 0 unspecified atom stereocenters. The number of carbonyl (C=O) groups excluding carboxylic acids is 1. The molecular weight excluding hydrogens is 270 g/mol. The zero-order chi connectivity index (χ0) is 11.7. The second-order valence-electron chi connectivity index (χ2n) is 4.84. The zero-order valence-corrected chi connectivity index (χ0v) is 11.8. The number of hydrogen-bond donors (Lipinski definition) is 2. The van der Waals surface area contributed by atoms with Crippen molar-refractivity contribution in [1.82, 2.24) is 10.3 Å². The molecule has 2 fully saturated rings. The van der Waals surface area contributed by atoms with Gasteiger partial charge in [-0.05, 0) is 32.2 Å². The summed E-state index contributed by atoms with van der Waals surface area (Å²) in [6.07, 6.45) is 5.75. The van der Waals surface area contributed by atoms with Crippen molar-refractivity contribution in [2.24, 2.45) is 0 Å². The Morgan fingerprint density at radius 3 is 2.89 bits per heavy atom. The summed E-state index contributed by atoms with van der Waals surface area (Å²) in [5, 5.41) is 8.99. The van der Waals surface area contributed by atoms with E-state index in [2.05, 4.69) is 21.0 Å². The highest BCUT2D eigenvalue weighted by atomic mass is 35.5. The van der Waals surface area contributed by atoms with Gasteiger partial charge in [-0.1, -0.05) is 6.42 Å².